The van der Waals surface area contributed by atoms with Crippen LogP contribution in [0.2, 0.25) is 5.02 Å². The van der Waals surface area contributed by atoms with Crippen molar-refractivity contribution in [3.8, 4) is 5.75 Å². The van der Waals surface area contributed by atoms with E-state index in [9.17, 15) is 5.11 Å². The van der Waals surface area contributed by atoms with Gasteiger partial charge in [-0.2, -0.15) is 0 Å². The Balaban J connectivity index is 2.76. The molecule has 3 N–H and O–H groups in total. The van der Waals surface area contributed by atoms with E-state index in [0.29, 0.717) is 23.6 Å². The molecule has 0 aliphatic heterocycles. The van der Waals surface area contributed by atoms with Crippen molar-refractivity contribution in [2.24, 2.45) is 5.11 Å². The van der Waals surface area contributed by atoms with Crippen LogP contribution in [-0.4, -0.2) is 11.7 Å². The maximum atomic E-state index is 9.61. The van der Waals surface area contributed by atoms with Crippen molar-refractivity contribution in [2.75, 3.05) is 12.3 Å². The number of azide groups is 1. The second kappa shape index (κ2) is 5.90. The van der Waals surface area contributed by atoms with E-state index in [4.69, 9.17) is 22.9 Å². The van der Waals surface area contributed by atoms with Crippen molar-refractivity contribution in [1.82, 2.24) is 0 Å². The number of anilines is 1. The number of benzene rings is 1. The lowest BCUT2D eigenvalue weighted by atomic mass is 10.1. The van der Waals surface area contributed by atoms with E-state index in [-0.39, 0.29) is 11.4 Å². The Morgan fingerprint density at radius 1 is 1.56 bits per heavy atom. The average Bonchev–Trinajstić information content (AvgIpc) is 2.24. The molecule has 1 rings (SSSR count). The molecule has 0 aliphatic rings. The quantitative estimate of drug-likeness (QED) is 0.210. The zero-order valence-electron chi connectivity index (χ0n) is 8.47. The standard InChI is InChI=1S/C10H11ClN4O/c11-8-5-7(10(16)9(12)6-8)3-1-2-4-14-15-13/h1,3,5-6,16H,2,4,12H2. The Hall–Kier alpha value is -1.84. The van der Waals surface area contributed by atoms with Gasteiger partial charge in [-0.25, -0.2) is 0 Å². The predicted octanol–water partition coefficient (Wildman–Crippen LogP) is 3.34. The molecule has 0 atom stereocenters. The third kappa shape index (κ3) is 3.38. The van der Waals surface area contributed by atoms with E-state index in [1.54, 1.807) is 18.2 Å². The van der Waals surface area contributed by atoms with Gasteiger partial charge in [0.1, 0.15) is 5.75 Å². The van der Waals surface area contributed by atoms with Gasteiger partial charge in [0.15, 0.2) is 0 Å². The van der Waals surface area contributed by atoms with Crippen molar-refractivity contribution < 1.29 is 5.11 Å². The molecular weight excluding hydrogens is 228 g/mol. The summed E-state index contributed by atoms with van der Waals surface area (Å²) < 4.78 is 0. The third-order valence-electron chi connectivity index (χ3n) is 1.89. The number of phenols is 1. The zero-order chi connectivity index (χ0) is 12.0. The van der Waals surface area contributed by atoms with Gasteiger partial charge in [-0.05, 0) is 24.1 Å². The lowest BCUT2D eigenvalue weighted by Gasteiger charge is -2.03. The Morgan fingerprint density at radius 2 is 2.31 bits per heavy atom. The fourth-order valence-corrected chi connectivity index (χ4v) is 1.39. The minimum Gasteiger partial charge on any atom is -0.505 e. The van der Waals surface area contributed by atoms with Gasteiger partial charge in [-0.3, -0.25) is 0 Å². The first-order valence-electron chi connectivity index (χ1n) is 4.60. The molecule has 84 valence electrons. The van der Waals surface area contributed by atoms with Crippen molar-refractivity contribution in [3.63, 3.8) is 0 Å². The Bertz CT molecular complexity index is 452. The van der Waals surface area contributed by atoms with Crippen LogP contribution in [0.4, 0.5) is 5.69 Å². The van der Waals surface area contributed by atoms with E-state index < -0.39 is 0 Å². The van der Waals surface area contributed by atoms with Crippen LogP contribution in [0.1, 0.15) is 12.0 Å². The lowest BCUT2D eigenvalue weighted by Crippen LogP contribution is -1.87. The van der Waals surface area contributed by atoms with Gasteiger partial charge >= 0.3 is 0 Å². The number of hydrogen-bond donors (Lipinski definition) is 2. The maximum absolute atomic E-state index is 9.61. The molecule has 0 saturated heterocycles. The topological polar surface area (TPSA) is 95.0 Å². The highest BCUT2D eigenvalue weighted by atomic mass is 35.5. The molecule has 16 heavy (non-hydrogen) atoms. The molecule has 0 bridgehead atoms. The number of aromatic hydroxyl groups is 1. The molecule has 0 spiro atoms. The number of nitrogens with two attached hydrogens (primary N) is 1. The fourth-order valence-electron chi connectivity index (χ4n) is 1.16. The molecule has 0 fully saturated rings. The van der Waals surface area contributed by atoms with Gasteiger partial charge in [0.25, 0.3) is 0 Å². The number of nitrogens with zero attached hydrogens (tertiary/aromatic N) is 3. The molecule has 1 aromatic rings. The van der Waals surface area contributed by atoms with Gasteiger partial charge in [0.2, 0.25) is 0 Å². The largest absolute Gasteiger partial charge is 0.505 e. The van der Waals surface area contributed by atoms with Crippen molar-refractivity contribution >= 4 is 23.4 Å². The average molecular weight is 239 g/mol. The summed E-state index contributed by atoms with van der Waals surface area (Å²) in [5.74, 6) is 0.00411. The smallest absolute Gasteiger partial charge is 0.145 e. The fraction of sp³-hybridized carbons (Fsp3) is 0.200. The van der Waals surface area contributed by atoms with Crippen molar-refractivity contribution in [2.45, 2.75) is 6.42 Å². The summed E-state index contributed by atoms with van der Waals surface area (Å²) >= 11 is 5.79. The highest BCUT2D eigenvalue weighted by molar-refractivity contribution is 6.31. The molecule has 0 heterocycles. The van der Waals surface area contributed by atoms with Crippen LogP contribution < -0.4 is 5.73 Å². The molecule has 0 aromatic heterocycles. The summed E-state index contributed by atoms with van der Waals surface area (Å²) in [5, 5.41) is 13.4. The van der Waals surface area contributed by atoms with Crippen LogP contribution in [-0.2, 0) is 0 Å². The van der Waals surface area contributed by atoms with Gasteiger partial charge in [0.05, 0.1) is 5.69 Å². The van der Waals surface area contributed by atoms with E-state index in [1.807, 2.05) is 0 Å². The van der Waals surface area contributed by atoms with E-state index >= 15 is 0 Å². The van der Waals surface area contributed by atoms with E-state index in [0.717, 1.165) is 0 Å². The number of halogens is 1. The van der Waals surface area contributed by atoms with Crippen LogP contribution in [0.5, 0.6) is 5.75 Å². The molecular formula is C10H11ClN4O. The van der Waals surface area contributed by atoms with Gasteiger partial charge in [-0.15, -0.1) is 0 Å². The number of nitrogen functional groups attached to an aromatic ring is 1. The summed E-state index contributed by atoms with van der Waals surface area (Å²) in [6.07, 6.45) is 4.06. The summed E-state index contributed by atoms with van der Waals surface area (Å²) in [5.41, 5.74) is 14.4. The van der Waals surface area contributed by atoms with Gasteiger partial charge in [0, 0.05) is 22.0 Å². The number of rotatable bonds is 4. The predicted molar refractivity (Wildman–Crippen MR) is 65.2 cm³/mol. The van der Waals surface area contributed by atoms with Crippen LogP contribution >= 0.6 is 11.6 Å². The Morgan fingerprint density at radius 3 is 3.00 bits per heavy atom. The SMILES string of the molecule is [N-]=[N+]=NCCC=Cc1cc(Cl)cc(N)c1O. The zero-order valence-corrected chi connectivity index (χ0v) is 9.22. The second-order valence-electron chi connectivity index (χ2n) is 3.08. The molecule has 0 aliphatic carbocycles. The lowest BCUT2D eigenvalue weighted by molar-refractivity contribution is 0.476. The third-order valence-corrected chi connectivity index (χ3v) is 2.11. The summed E-state index contributed by atoms with van der Waals surface area (Å²) in [6, 6.07) is 3.09. The summed E-state index contributed by atoms with van der Waals surface area (Å²) in [7, 11) is 0. The molecule has 6 heteroatoms. The number of phenolic OH excluding ortho intramolecular Hbond substituents is 1. The monoisotopic (exact) mass is 238 g/mol. The highest BCUT2D eigenvalue weighted by Gasteiger charge is 2.03. The first-order chi connectivity index (χ1) is 7.65. The van der Waals surface area contributed by atoms with Gasteiger partial charge < -0.3 is 10.8 Å². The molecule has 0 saturated carbocycles. The minimum atomic E-state index is 0.00411. The van der Waals surface area contributed by atoms with E-state index in [2.05, 4.69) is 10.0 Å². The number of hydrogen-bond acceptors (Lipinski definition) is 3. The molecule has 5 nitrogen and oxygen atoms in total. The molecule has 0 radical (unpaired) electrons. The second-order valence-corrected chi connectivity index (χ2v) is 3.51. The molecule has 1 aromatic carbocycles. The first kappa shape index (κ1) is 12.2. The summed E-state index contributed by atoms with van der Waals surface area (Å²) in [4.78, 5) is 2.63. The van der Waals surface area contributed by atoms with Crippen LogP contribution in [0.15, 0.2) is 23.3 Å². The van der Waals surface area contributed by atoms with Crippen molar-refractivity contribution in [1.29, 1.82) is 0 Å². The van der Waals surface area contributed by atoms with Crippen LogP contribution in [0.3, 0.4) is 0 Å². The Kier molecular flexibility index (Phi) is 4.51. The summed E-state index contributed by atoms with van der Waals surface area (Å²) in [6.45, 7) is 0.379. The Labute approximate surface area is 97.8 Å². The normalized spacial score (nSPS) is 10.3. The van der Waals surface area contributed by atoms with Gasteiger partial charge in [-0.1, -0.05) is 28.9 Å². The van der Waals surface area contributed by atoms with Crippen LogP contribution in [0, 0.1) is 0 Å². The maximum Gasteiger partial charge on any atom is 0.145 e. The first-order valence-corrected chi connectivity index (χ1v) is 4.98. The molecule has 0 amide bonds. The van der Waals surface area contributed by atoms with Crippen LogP contribution in [0.25, 0.3) is 16.5 Å². The van der Waals surface area contributed by atoms with Crippen molar-refractivity contribution in [3.05, 3.63) is 39.2 Å². The van der Waals surface area contributed by atoms with E-state index in [1.165, 1.54) is 6.07 Å². The minimum absolute atomic E-state index is 0.00411. The highest BCUT2D eigenvalue weighted by Crippen LogP contribution is 2.30. The molecule has 0 unspecified atom stereocenters.